The van der Waals surface area contributed by atoms with E-state index in [1.807, 2.05) is 28.4 Å². The molecule has 0 fully saturated rings. The summed E-state index contributed by atoms with van der Waals surface area (Å²) in [5, 5.41) is 4.50. The number of anilines is 1. The Balaban J connectivity index is 1.49. The van der Waals surface area contributed by atoms with E-state index < -0.39 is 0 Å². The zero-order chi connectivity index (χ0) is 24.1. The van der Waals surface area contributed by atoms with Gasteiger partial charge < -0.3 is 19.7 Å². The number of carbonyl (C=O) groups excluding carboxylic acids is 1. The molecule has 0 saturated carbocycles. The highest BCUT2D eigenvalue weighted by Crippen LogP contribution is 2.43. The molecule has 0 saturated heterocycles. The summed E-state index contributed by atoms with van der Waals surface area (Å²) in [6.45, 7) is 6.73. The topological polar surface area (TPSA) is 40.5 Å². The average Bonchev–Trinajstić information content (AvgIpc) is 3.42. The highest BCUT2D eigenvalue weighted by atomic mass is 32.1. The smallest absolute Gasteiger partial charge is 0.310 e. The second-order valence-corrected chi connectivity index (χ2v) is 10.9. The van der Waals surface area contributed by atoms with Crippen molar-refractivity contribution in [3.05, 3.63) is 105 Å². The molecule has 0 unspecified atom stereocenters. The van der Waals surface area contributed by atoms with Gasteiger partial charge in [-0.15, -0.1) is 11.3 Å². The summed E-state index contributed by atoms with van der Waals surface area (Å²) in [4.78, 5) is 19.9. The van der Waals surface area contributed by atoms with Gasteiger partial charge in [0.15, 0.2) is 0 Å². The molecule has 2 amide bonds. The van der Waals surface area contributed by atoms with Crippen LogP contribution in [0.3, 0.4) is 0 Å². The molecule has 1 N–H and O–H groups in total. The molecular formula is C29H30N4OS. The first-order valence-electron chi connectivity index (χ1n) is 12.2. The lowest BCUT2D eigenvalue weighted by Gasteiger charge is -2.32. The van der Waals surface area contributed by atoms with Crippen molar-refractivity contribution in [3.63, 3.8) is 0 Å². The van der Waals surface area contributed by atoms with E-state index in [9.17, 15) is 4.79 Å². The van der Waals surface area contributed by atoms with Crippen LogP contribution < -0.4 is 5.32 Å². The van der Waals surface area contributed by atoms with E-state index in [2.05, 4.69) is 90.4 Å². The van der Waals surface area contributed by atoms with Crippen molar-refractivity contribution in [2.75, 3.05) is 18.9 Å². The summed E-state index contributed by atoms with van der Waals surface area (Å²) in [5.74, 6) is 0. The molecule has 0 aliphatic carbocycles. The van der Waals surface area contributed by atoms with Gasteiger partial charge in [0.1, 0.15) is 5.00 Å². The van der Waals surface area contributed by atoms with E-state index >= 15 is 0 Å². The van der Waals surface area contributed by atoms with Gasteiger partial charge in [-0.2, -0.15) is 0 Å². The maximum atomic E-state index is 14.0. The minimum absolute atomic E-state index is 0.0701. The van der Waals surface area contributed by atoms with Crippen molar-refractivity contribution in [1.29, 1.82) is 0 Å². The van der Waals surface area contributed by atoms with Crippen molar-refractivity contribution in [1.82, 2.24) is 14.4 Å². The molecule has 6 rings (SSSR count). The fraction of sp³-hybridized carbons (Fsp3) is 0.276. The molecule has 4 heterocycles. The Morgan fingerprint density at radius 1 is 1.00 bits per heavy atom. The van der Waals surface area contributed by atoms with Gasteiger partial charge in [0.25, 0.3) is 0 Å². The number of hydrogen-bond donors (Lipinski definition) is 1. The molecule has 5 nitrogen and oxygen atoms in total. The van der Waals surface area contributed by atoms with Crippen LogP contribution in [0.15, 0.2) is 66.9 Å². The quantitative estimate of drug-likeness (QED) is 0.365. The lowest BCUT2D eigenvalue weighted by molar-refractivity contribution is 0.194. The first-order valence-corrected chi connectivity index (χ1v) is 13.0. The molecule has 2 aliphatic heterocycles. The van der Waals surface area contributed by atoms with Crippen LogP contribution in [-0.4, -0.2) is 34.0 Å². The molecule has 35 heavy (non-hydrogen) atoms. The van der Waals surface area contributed by atoms with Crippen molar-refractivity contribution >= 4 is 23.1 Å². The van der Waals surface area contributed by atoms with Crippen molar-refractivity contribution in [2.24, 2.45) is 0 Å². The summed E-state index contributed by atoms with van der Waals surface area (Å²) in [7, 11) is 2.18. The second kappa shape index (κ2) is 8.70. The number of aryl methyl sites for hydroxylation is 2. The summed E-state index contributed by atoms with van der Waals surface area (Å²) >= 11 is 1.88. The van der Waals surface area contributed by atoms with E-state index in [-0.39, 0.29) is 12.1 Å². The first kappa shape index (κ1) is 22.1. The van der Waals surface area contributed by atoms with Gasteiger partial charge in [-0.05, 0) is 62.2 Å². The van der Waals surface area contributed by atoms with Crippen LogP contribution in [0.25, 0.3) is 5.00 Å². The van der Waals surface area contributed by atoms with Gasteiger partial charge in [0.05, 0.1) is 18.3 Å². The van der Waals surface area contributed by atoms with E-state index in [1.54, 1.807) is 0 Å². The van der Waals surface area contributed by atoms with Gasteiger partial charge in [0.2, 0.25) is 0 Å². The number of rotatable bonds is 2. The largest absolute Gasteiger partial charge is 0.322 e. The van der Waals surface area contributed by atoms with Gasteiger partial charge >= 0.3 is 6.03 Å². The third-order valence-electron chi connectivity index (χ3n) is 7.26. The fourth-order valence-electron chi connectivity index (χ4n) is 5.48. The zero-order valence-electron chi connectivity index (χ0n) is 20.4. The van der Waals surface area contributed by atoms with Crippen LogP contribution in [0.5, 0.6) is 0 Å². The van der Waals surface area contributed by atoms with Gasteiger partial charge in [-0.3, -0.25) is 0 Å². The summed E-state index contributed by atoms with van der Waals surface area (Å²) in [6, 6.07) is 20.6. The number of carbonyl (C=O) groups is 1. The monoisotopic (exact) mass is 482 g/mol. The SMILES string of the molecule is Cc1ccc(NC(=O)N2Cc3c(sc4c3CCN(C)C4)-n3cccc3[C@H]2c2ccccc2)c(C)c1. The molecule has 1 atom stereocenters. The number of benzene rings is 2. The molecule has 6 heteroatoms. The molecule has 2 aliphatic rings. The Morgan fingerprint density at radius 2 is 1.83 bits per heavy atom. The number of urea groups is 1. The van der Waals surface area contributed by atoms with Crippen LogP contribution in [0, 0.1) is 13.8 Å². The highest BCUT2D eigenvalue weighted by molar-refractivity contribution is 7.15. The third kappa shape index (κ3) is 3.87. The summed E-state index contributed by atoms with van der Waals surface area (Å²) in [6.07, 6.45) is 3.18. The Bertz CT molecular complexity index is 1400. The van der Waals surface area contributed by atoms with E-state index in [1.165, 1.54) is 26.6 Å². The number of fused-ring (bicyclic) bond motifs is 5. The molecular weight excluding hydrogens is 452 g/mol. The molecule has 0 radical (unpaired) electrons. The Labute approximate surface area is 210 Å². The van der Waals surface area contributed by atoms with E-state index in [0.29, 0.717) is 6.54 Å². The van der Waals surface area contributed by atoms with Crippen molar-refractivity contribution < 1.29 is 4.79 Å². The number of amides is 2. The van der Waals surface area contributed by atoms with Crippen LogP contribution in [-0.2, 0) is 19.5 Å². The van der Waals surface area contributed by atoms with Crippen LogP contribution in [0.2, 0.25) is 0 Å². The van der Waals surface area contributed by atoms with Gasteiger partial charge in [-0.1, -0.05) is 48.0 Å². The Morgan fingerprint density at radius 3 is 2.63 bits per heavy atom. The average molecular weight is 483 g/mol. The highest BCUT2D eigenvalue weighted by Gasteiger charge is 2.36. The Hall–Kier alpha value is -3.35. The van der Waals surface area contributed by atoms with Crippen LogP contribution >= 0.6 is 11.3 Å². The molecule has 0 bridgehead atoms. The number of hydrogen-bond acceptors (Lipinski definition) is 3. The zero-order valence-corrected chi connectivity index (χ0v) is 21.2. The number of nitrogens with zero attached hydrogens (tertiary/aromatic N) is 3. The molecule has 2 aromatic carbocycles. The predicted molar refractivity (Wildman–Crippen MR) is 142 cm³/mol. The number of thiophene rings is 1. The normalized spacial score (nSPS) is 17.3. The first-order chi connectivity index (χ1) is 17.0. The van der Waals surface area contributed by atoms with E-state index in [0.717, 1.165) is 42.0 Å². The third-order valence-corrected chi connectivity index (χ3v) is 8.51. The molecule has 2 aromatic heterocycles. The van der Waals surface area contributed by atoms with Gasteiger partial charge in [-0.25, -0.2) is 4.79 Å². The van der Waals surface area contributed by atoms with E-state index in [4.69, 9.17) is 0 Å². The van der Waals surface area contributed by atoms with Crippen molar-refractivity contribution in [3.8, 4) is 5.00 Å². The maximum Gasteiger partial charge on any atom is 0.322 e. The molecule has 4 aromatic rings. The number of aromatic nitrogens is 1. The van der Waals surface area contributed by atoms with Crippen LogP contribution in [0.4, 0.5) is 10.5 Å². The van der Waals surface area contributed by atoms with Gasteiger partial charge in [0, 0.05) is 35.4 Å². The van der Waals surface area contributed by atoms with Crippen LogP contribution in [0.1, 0.15) is 44.4 Å². The lowest BCUT2D eigenvalue weighted by Crippen LogP contribution is -2.38. The summed E-state index contributed by atoms with van der Waals surface area (Å²) < 4.78 is 2.32. The fourth-order valence-corrected chi connectivity index (χ4v) is 6.92. The maximum absolute atomic E-state index is 14.0. The predicted octanol–water partition coefficient (Wildman–Crippen LogP) is 6.28. The number of likely N-dealkylation sites (N-methyl/N-ethyl adjacent to an activating group) is 1. The second-order valence-electron chi connectivity index (χ2n) is 9.77. The standard InChI is InChI=1S/C29H30N4OS/c1-19-11-12-24(20(2)16-19)30-29(34)33-17-23-22-13-15-31(3)18-26(22)35-28(23)32-14-7-10-25(32)27(33)21-8-5-4-6-9-21/h4-12,14,16,27H,13,15,17-18H2,1-3H3,(H,30,34)/t27-/m1/s1. The molecule has 0 spiro atoms. The van der Waals surface area contributed by atoms with Crippen molar-refractivity contribution in [2.45, 2.75) is 39.4 Å². The minimum Gasteiger partial charge on any atom is -0.310 e. The minimum atomic E-state index is -0.182. The molecule has 178 valence electrons. The lowest BCUT2D eigenvalue weighted by atomic mass is 10.0. The summed E-state index contributed by atoms with van der Waals surface area (Å²) in [5.41, 5.74) is 8.09. The number of nitrogens with one attached hydrogen (secondary N) is 1. The Kier molecular flexibility index (Phi) is 5.50.